The van der Waals surface area contributed by atoms with Crippen molar-refractivity contribution >= 4 is 28.7 Å². The Bertz CT molecular complexity index is 1910. The standard InChI is InChI=1S/C34H38N6O7/c1-21(2)34(40-19-24(36-37-40)18-35-29(41)10-7-22-6-9-25(44-4)17-28(22)45-5)33(43)26-16-23-8-11-30(42)46-31(23)27(32(26)47-34)20-39-14-12-38(3)13-15-39/h6-11,16-17,19,21H,12-15,18,20H2,1-5H3,(H,35,41)/b10-7+. The molecule has 1 amide bonds. The summed E-state index contributed by atoms with van der Waals surface area (Å²) in [5, 5.41) is 12.0. The van der Waals surface area contributed by atoms with E-state index in [1.807, 2.05) is 13.8 Å². The van der Waals surface area contributed by atoms with Crippen LogP contribution in [0.5, 0.6) is 17.2 Å². The average molecular weight is 643 g/mol. The van der Waals surface area contributed by atoms with Crippen molar-refractivity contribution in [1.29, 1.82) is 0 Å². The number of ether oxygens (including phenoxy) is 3. The molecule has 246 valence electrons. The van der Waals surface area contributed by atoms with Gasteiger partial charge in [0.1, 0.15) is 28.5 Å². The number of likely N-dealkylation sites (N-methyl/N-ethyl adjacent to an activating group) is 1. The second-order valence-electron chi connectivity index (χ2n) is 12.1. The minimum Gasteiger partial charge on any atom is -0.497 e. The van der Waals surface area contributed by atoms with Gasteiger partial charge in [0.15, 0.2) is 0 Å². The molecule has 4 heterocycles. The maximum Gasteiger partial charge on any atom is 0.336 e. The lowest BCUT2D eigenvalue weighted by Crippen LogP contribution is -2.48. The van der Waals surface area contributed by atoms with Crippen LogP contribution in [0.1, 0.15) is 41.0 Å². The summed E-state index contributed by atoms with van der Waals surface area (Å²) in [6.45, 7) is 7.73. The van der Waals surface area contributed by atoms with Crippen LogP contribution in [0.2, 0.25) is 0 Å². The van der Waals surface area contributed by atoms with Crippen molar-refractivity contribution in [2.24, 2.45) is 5.92 Å². The summed E-state index contributed by atoms with van der Waals surface area (Å²) in [4.78, 5) is 43.8. The van der Waals surface area contributed by atoms with Gasteiger partial charge < -0.3 is 28.8 Å². The molecule has 0 radical (unpaired) electrons. The Morgan fingerprint density at radius 3 is 2.60 bits per heavy atom. The van der Waals surface area contributed by atoms with E-state index in [2.05, 4.69) is 32.5 Å². The Labute approximate surface area is 271 Å². The van der Waals surface area contributed by atoms with Crippen LogP contribution in [0, 0.1) is 5.92 Å². The van der Waals surface area contributed by atoms with Crippen LogP contribution < -0.4 is 25.2 Å². The molecular weight excluding hydrogens is 604 g/mol. The molecule has 6 rings (SSSR count). The Morgan fingerprint density at radius 1 is 1.09 bits per heavy atom. The average Bonchev–Trinajstić information content (AvgIpc) is 3.67. The zero-order valence-corrected chi connectivity index (χ0v) is 27.1. The first-order chi connectivity index (χ1) is 22.6. The van der Waals surface area contributed by atoms with Gasteiger partial charge in [0.2, 0.25) is 11.7 Å². The molecule has 1 saturated heterocycles. The number of aromatic nitrogens is 3. The van der Waals surface area contributed by atoms with Crippen molar-refractivity contribution in [2.45, 2.75) is 32.7 Å². The lowest BCUT2D eigenvalue weighted by Gasteiger charge is -2.33. The molecule has 47 heavy (non-hydrogen) atoms. The third-order valence-corrected chi connectivity index (χ3v) is 8.72. The second-order valence-corrected chi connectivity index (χ2v) is 12.1. The van der Waals surface area contributed by atoms with Gasteiger partial charge in [-0.1, -0.05) is 19.1 Å². The van der Waals surface area contributed by atoms with Gasteiger partial charge in [-0.3, -0.25) is 14.5 Å². The number of benzene rings is 2. The van der Waals surface area contributed by atoms with Crippen LogP contribution in [0.25, 0.3) is 17.0 Å². The highest BCUT2D eigenvalue weighted by atomic mass is 16.5. The van der Waals surface area contributed by atoms with E-state index in [1.54, 1.807) is 56.8 Å². The molecule has 1 atom stereocenters. The van der Waals surface area contributed by atoms with Gasteiger partial charge in [0.25, 0.3) is 5.72 Å². The molecule has 13 heteroatoms. The molecule has 0 aliphatic carbocycles. The summed E-state index contributed by atoms with van der Waals surface area (Å²) in [7, 11) is 5.20. The van der Waals surface area contributed by atoms with Crippen molar-refractivity contribution in [3.05, 3.63) is 81.5 Å². The first kappa shape index (κ1) is 32.0. The molecule has 2 aromatic carbocycles. The van der Waals surface area contributed by atoms with Crippen molar-refractivity contribution < 1.29 is 28.2 Å². The lowest BCUT2D eigenvalue weighted by molar-refractivity contribution is -0.116. The number of ketones is 1. The molecule has 1 fully saturated rings. The van der Waals surface area contributed by atoms with Gasteiger partial charge in [-0.2, -0.15) is 0 Å². The predicted octanol–water partition coefficient (Wildman–Crippen LogP) is 3.06. The lowest BCUT2D eigenvalue weighted by atomic mass is 9.91. The van der Waals surface area contributed by atoms with Crippen molar-refractivity contribution in [3.8, 4) is 17.2 Å². The number of fused-ring (bicyclic) bond motifs is 2. The number of methoxy groups -OCH3 is 2. The van der Waals surface area contributed by atoms with Gasteiger partial charge in [0, 0.05) is 67.8 Å². The third kappa shape index (κ3) is 6.11. The number of carbonyl (C=O) groups is 2. The van der Waals surface area contributed by atoms with Crippen LogP contribution in [-0.4, -0.2) is 83.9 Å². The van der Waals surface area contributed by atoms with E-state index in [9.17, 15) is 14.4 Å². The third-order valence-electron chi connectivity index (χ3n) is 8.72. The van der Waals surface area contributed by atoms with Gasteiger partial charge in [-0.05, 0) is 37.4 Å². The Morgan fingerprint density at radius 2 is 1.87 bits per heavy atom. The highest BCUT2D eigenvalue weighted by Crippen LogP contribution is 2.47. The van der Waals surface area contributed by atoms with Crippen molar-refractivity contribution in [3.63, 3.8) is 0 Å². The molecule has 2 aliphatic rings. The number of nitrogens with one attached hydrogen (secondary N) is 1. The molecule has 2 aromatic heterocycles. The van der Waals surface area contributed by atoms with Crippen LogP contribution in [0.15, 0.2) is 57.9 Å². The van der Waals surface area contributed by atoms with Crippen molar-refractivity contribution in [1.82, 2.24) is 30.1 Å². The molecule has 1 N–H and O–H groups in total. The summed E-state index contributed by atoms with van der Waals surface area (Å²) in [6, 6.07) is 10.1. The van der Waals surface area contributed by atoms with E-state index in [0.717, 1.165) is 26.2 Å². The smallest absolute Gasteiger partial charge is 0.336 e. The molecule has 0 bridgehead atoms. The van der Waals surface area contributed by atoms with E-state index in [1.165, 1.54) is 16.8 Å². The van der Waals surface area contributed by atoms with Crippen molar-refractivity contribution in [2.75, 3.05) is 47.4 Å². The van der Waals surface area contributed by atoms with Gasteiger partial charge in [0.05, 0.1) is 38.1 Å². The zero-order valence-electron chi connectivity index (χ0n) is 27.1. The molecule has 2 aliphatic heterocycles. The molecule has 1 unspecified atom stereocenters. The van der Waals surface area contributed by atoms with E-state index in [4.69, 9.17) is 18.6 Å². The van der Waals surface area contributed by atoms with E-state index in [0.29, 0.717) is 57.1 Å². The number of nitrogens with zero attached hydrogens (tertiary/aromatic N) is 5. The summed E-state index contributed by atoms with van der Waals surface area (Å²) >= 11 is 0. The van der Waals surface area contributed by atoms with Gasteiger partial charge in [-0.25, -0.2) is 9.48 Å². The minimum atomic E-state index is -1.53. The number of amides is 1. The van der Waals surface area contributed by atoms with E-state index >= 15 is 0 Å². The number of rotatable bonds is 10. The quantitative estimate of drug-likeness (QED) is 0.202. The monoisotopic (exact) mass is 642 g/mol. The molecule has 13 nitrogen and oxygen atoms in total. The number of carbonyl (C=O) groups excluding carboxylic acids is 2. The zero-order chi connectivity index (χ0) is 33.3. The maximum atomic E-state index is 14.3. The fraction of sp³-hybridized carbons (Fsp3) is 0.382. The fourth-order valence-electron chi connectivity index (χ4n) is 6.01. The van der Waals surface area contributed by atoms with Gasteiger partial charge >= 0.3 is 5.63 Å². The molecule has 0 spiro atoms. The number of hydrogen-bond donors (Lipinski definition) is 1. The topological polar surface area (TPSA) is 141 Å². The molecule has 0 saturated carbocycles. The Balaban J connectivity index is 1.25. The fourth-order valence-corrected chi connectivity index (χ4v) is 6.01. The van der Waals surface area contributed by atoms with Crippen LogP contribution in [0.4, 0.5) is 0 Å². The van der Waals surface area contributed by atoms with Crippen LogP contribution in [-0.2, 0) is 23.6 Å². The highest BCUT2D eigenvalue weighted by molar-refractivity contribution is 6.09. The van der Waals surface area contributed by atoms with Crippen LogP contribution in [0.3, 0.4) is 0 Å². The number of piperazine rings is 1. The minimum absolute atomic E-state index is 0.0714. The number of Topliss-reactive ketones (excluding diaryl/α,β-unsaturated/α-hetero) is 1. The Kier molecular flexibility index (Phi) is 8.84. The van der Waals surface area contributed by atoms with Gasteiger partial charge in [-0.15, -0.1) is 5.10 Å². The van der Waals surface area contributed by atoms with E-state index in [-0.39, 0.29) is 24.2 Å². The molecular formula is C34H38N6O7. The maximum absolute atomic E-state index is 14.3. The largest absolute Gasteiger partial charge is 0.497 e. The summed E-state index contributed by atoms with van der Waals surface area (Å²) in [5.41, 5.74) is 0.606. The Hall–Kier alpha value is -5.01. The van der Waals surface area contributed by atoms with Crippen LogP contribution >= 0.6 is 0 Å². The summed E-state index contributed by atoms with van der Waals surface area (Å²) in [6.07, 6.45) is 4.65. The molecule has 4 aromatic rings. The predicted molar refractivity (Wildman–Crippen MR) is 173 cm³/mol. The highest BCUT2D eigenvalue weighted by Gasteiger charge is 2.54. The normalized spacial score (nSPS) is 18.6. The second kappa shape index (κ2) is 13.0. The summed E-state index contributed by atoms with van der Waals surface area (Å²) < 4.78 is 24.4. The first-order valence-corrected chi connectivity index (χ1v) is 15.5. The first-order valence-electron chi connectivity index (χ1n) is 15.5. The van der Waals surface area contributed by atoms with E-state index < -0.39 is 11.4 Å². The SMILES string of the molecule is COc1ccc(/C=C/C(=O)NCc2cn(C3(C(C)C)Oc4c(cc5ccc(=O)oc5c4CN4CCN(C)CC4)C3=O)nn2)c(OC)c1. The number of hydrogen-bond acceptors (Lipinski definition) is 11. The summed E-state index contributed by atoms with van der Waals surface area (Å²) in [5.74, 6) is 0.615.